The number of nitrogens with one attached hydrogen (secondary N) is 2. The van der Waals surface area contributed by atoms with E-state index >= 15 is 0 Å². The number of amides is 1. The molecule has 2 rings (SSSR count). The summed E-state index contributed by atoms with van der Waals surface area (Å²) in [4.78, 5) is 14.4. The first-order valence-electron chi connectivity index (χ1n) is 6.60. The third-order valence-corrected chi connectivity index (χ3v) is 3.42. The van der Waals surface area contributed by atoms with Crippen molar-refractivity contribution in [3.05, 3.63) is 24.3 Å². The lowest BCUT2D eigenvalue weighted by Crippen LogP contribution is -2.51. The summed E-state index contributed by atoms with van der Waals surface area (Å²) in [5.41, 5.74) is 0.770. The first kappa shape index (κ1) is 13.8. The molecule has 5 heteroatoms. The Morgan fingerprint density at radius 2 is 2.16 bits per heavy atom. The summed E-state index contributed by atoms with van der Waals surface area (Å²) < 4.78 is 5.14. The first-order valence-corrected chi connectivity index (χ1v) is 6.60. The average Bonchev–Trinajstić information content (AvgIpc) is 2.47. The highest BCUT2D eigenvalue weighted by molar-refractivity contribution is 5.94. The molecule has 0 aliphatic carbocycles. The van der Waals surface area contributed by atoms with Crippen LogP contribution >= 0.6 is 0 Å². The van der Waals surface area contributed by atoms with Crippen molar-refractivity contribution in [2.45, 2.75) is 13.0 Å². The quantitative estimate of drug-likeness (QED) is 0.848. The number of ether oxygens (including phenoxy) is 1. The fraction of sp³-hybridized carbons (Fsp3) is 0.500. The maximum Gasteiger partial charge on any atom is 0.241 e. The molecule has 0 saturated carbocycles. The Bertz CT molecular complexity index is 430. The molecule has 0 aromatic heterocycles. The van der Waals surface area contributed by atoms with Crippen LogP contribution in [0.15, 0.2) is 24.3 Å². The third-order valence-electron chi connectivity index (χ3n) is 3.42. The van der Waals surface area contributed by atoms with E-state index in [-0.39, 0.29) is 11.9 Å². The molecule has 104 valence electrons. The van der Waals surface area contributed by atoms with Crippen molar-refractivity contribution >= 4 is 11.6 Å². The van der Waals surface area contributed by atoms with Gasteiger partial charge in [-0.1, -0.05) is 6.07 Å². The van der Waals surface area contributed by atoms with Gasteiger partial charge in [-0.3, -0.25) is 9.69 Å². The highest BCUT2D eigenvalue weighted by atomic mass is 16.5. The molecule has 1 aliphatic heterocycles. The number of methoxy groups -OCH3 is 1. The summed E-state index contributed by atoms with van der Waals surface area (Å²) in [6.07, 6.45) is 0. The smallest absolute Gasteiger partial charge is 0.241 e. The van der Waals surface area contributed by atoms with Gasteiger partial charge in [0.15, 0.2) is 0 Å². The maximum absolute atomic E-state index is 12.2. The van der Waals surface area contributed by atoms with Crippen molar-refractivity contribution in [1.29, 1.82) is 0 Å². The lowest BCUT2D eigenvalue weighted by molar-refractivity contribution is -0.120. The number of hydrogen-bond donors (Lipinski definition) is 2. The minimum atomic E-state index is -0.117. The van der Waals surface area contributed by atoms with E-state index in [0.29, 0.717) is 0 Å². The van der Waals surface area contributed by atoms with Crippen LogP contribution in [0.5, 0.6) is 5.75 Å². The molecule has 19 heavy (non-hydrogen) atoms. The Morgan fingerprint density at radius 1 is 1.42 bits per heavy atom. The number of rotatable bonds is 4. The molecular formula is C14H21N3O2. The van der Waals surface area contributed by atoms with Crippen LogP contribution in [0.4, 0.5) is 5.69 Å². The minimum Gasteiger partial charge on any atom is -0.497 e. The largest absolute Gasteiger partial charge is 0.497 e. The molecule has 2 N–H and O–H groups in total. The molecule has 1 aromatic carbocycles. The second-order valence-corrected chi connectivity index (χ2v) is 4.68. The van der Waals surface area contributed by atoms with Crippen LogP contribution in [0, 0.1) is 0 Å². The number of anilines is 1. The van der Waals surface area contributed by atoms with Crippen LogP contribution < -0.4 is 15.4 Å². The van der Waals surface area contributed by atoms with Gasteiger partial charge >= 0.3 is 0 Å². The number of carbonyl (C=O) groups is 1. The summed E-state index contributed by atoms with van der Waals surface area (Å²) in [6.45, 7) is 5.65. The molecular weight excluding hydrogens is 242 g/mol. The molecule has 0 bridgehead atoms. The normalized spacial score (nSPS) is 17.8. The van der Waals surface area contributed by atoms with Gasteiger partial charge in [0, 0.05) is 37.9 Å². The molecule has 1 saturated heterocycles. The van der Waals surface area contributed by atoms with Crippen LogP contribution in [-0.2, 0) is 4.79 Å². The number of nitrogens with zero attached hydrogens (tertiary/aromatic N) is 1. The van der Waals surface area contributed by atoms with Crippen molar-refractivity contribution < 1.29 is 9.53 Å². The predicted octanol–water partition coefficient (Wildman–Crippen LogP) is 0.927. The number of piperazine rings is 1. The third kappa shape index (κ3) is 3.68. The molecule has 1 amide bonds. The van der Waals surface area contributed by atoms with E-state index in [1.807, 2.05) is 31.2 Å². The molecule has 0 spiro atoms. The maximum atomic E-state index is 12.2. The molecule has 1 atom stereocenters. The Kier molecular flexibility index (Phi) is 4.76. The zero-order valence-electron chi connectivity index (χ0n) is 11.5. The zero-order valence-corrected chi connectivity index (χ0v) is 11.5. The van der Waals surface area contributed by atoms with Gasteiger partial charge < -0.3 is 15.4 Å². The number of carbonyl (C=O) groups excluding carboxylic acids is 1. The molecule has 1 aromatic rings. The Labute approximate surface area is 113 Å². The lowest BCUT2D eigenvalue weighted by atomic mass is 10.2. The molecule has 1 unspecified atom stereocenters. The van der Waals surface area contributed by atoms with Crippen molar-refractivity contribution in [1.82, 2.24) is 10.2 Å². The molecule has 1 heterocycles. The molecule has 0 radical (unpaired) electrons. The van der Waals surface area contributed by atoms with Crippen LogP contribution in [-0.4, -0.2) is 50.1 Å². The predicted molar refractivity (Wildman–Crippen MR) is 75.5 cm³/mol. The van der Waals surface area contributed by atoms with Crippen molar-refractivity contribution in [2.24, 2.45) is 0 Å². The van der Waals surface area contributed by atoms with E-state index < -0.39 is 0 Å². The van der Waals surface area contributed by atoms with Gasteiger partial charge in [0.05, 0.1) is 13.2 Å². The standard InChI is InChI=1S/C14H21N3O2/c1-11(17-8-6-15-7-9-17)14(18)16-12-4-3-5-13(10-12)19-2/h3-5,10-11,15H,6-9H2,1-2H3,(H,16,18). The Hall–Kier alpha value is -1.59. The highest BCUT2D eigenvalue weighted by Crippen LogP contribution is 2.17. The van der Waals surface area contributed by atoms with Gasteiger partial charge in [0.25, 0.3) is 0 Å². The fourth-order valence-corrected chi connectivity index (χ4v) is 2.18. The van der Waals surface area contributed by atoms with Crippen LogP contribution in [0.25, 0.3) is 0 Å². The lowest BCUT2D eigenvalue weighted by Gasteiger charge is -2.31. The first-order chi connectivity index (χ1) is 9.20. The molecule has 1 fully saturated rings. The Morgan fingerprint density at radius 3 is 2.84 bits per heavy atom. The van der Waals surface area contributed by atoms with Gasteiger partial charge in [-0.25, -0.2) is 0 Å². The van der Waals surface area contributed by atoms with Gasteiger partial charge in [0.2, 0.25) is 5.91 Å². The molecule has 1 aliphatic rings. The van der Waals surface area contributed by atoms with E-state index in [0.717, 1.165) is 37.6 Å². The van der Waals surface area contributed by atoms with Crippen molar-refractivity contribution in [2.75, 3.05) is 38.6 Å². The van der Waals surface area contributed by atoms with Gasteiger partial charge in [-0.15, -0.1) is 0 Å². The van der Waals surface area contributed by atoms with Gasteiger partial charge in [0.1, 0.15) is 5.75 Å². The van der Waals surface area contributed by atoms with Crippen LogP contribution in [0.1, 0.15) is 6.92 Å². The van der Waals surface area contributed by atoms with Crippen LogP contribution in [0.3, 0.4) is 0 Å². The van der Waals surface area contributed by atoms with Gasteiger partial charge in [-0.05, 0) is 19.1 Å². The van der Waals surface area contributed by atoms with E-state index in [1.54, 1.807) is 7.11 Å². The summed E-state index contributed by atoms with van der Waals surface area (Å²) in [5, 5.41) is 6.22. The Balaban J connectivity index is 1.95. The topological polar surface area (TPSA) is 53.6 Å². The highest BCUT2D eigenvalue weighted by Gasteiger charge is 2.22. The van der Waals surface area contributed by atoms with Crippen LogP contribution in [0.2, 0.25) is 0 Å². The van der Waals surface area contributed by atoms with E-state index in [4.69, 9.17) is 4.74 Å². The fourth-order valence-electron chi connectivity index (χ4n) is 2.18. The average molecular weight is 263 g/mol. The number of hydrogen-bond acceptors (Lipinski definition) is 4. The number of benzene rings is 1. The SMILES string of the molecule is COc1cccc(NC(=O)C(C)N2CCNCC2)c1. The molecule has 5 nitrogen and oxygen atoms in total. The minimum absolute atomic E-state index is 0.0233. The summed E-state index contributed by atoms with van der Waals surface area (Å²) in [6, 6.07) is 7.29. The van der Waals surface area contributed by atoms with E-state index in [9.17, 15) is 4.79 Å². The second kappa shape index (κ2) is 6.54. The summed E-state index contributed by atoms with van der Waals surface area (Å²) in [7, 11) is 1.62. The van der Waals surface area contributed by atoms with E-state index in [2.05, 4.69) is 15.5 Å². The zero-order chi connectivity index (χ0) is 13.7. The van der Waals surface area contributed by atoms with Crippen molar-refractivity contribution in [3.8, 4) is 5.75 Å². The van der Waals surface area contributed by atoms with E-state index in [1.165, 1.54) is 0 Å². The second-order valence-electron chi connectivity index (χ2n) is 4.68. The summed E-state index contributed by atoms with van der Waals surface area (Å²) in [5.74, 6) is 0.766. The van der Waals surface area contributed by atoms with Gasteiger partial charge in [-0.2, -0.15) is 0 Å². The summed E-state index contributed by atoms with van der Waals surface area (Å²) >= 11 is 0. The monoisotopic (exact) mass is 263 g/mol. The van der Waals surface area contributed by atoms with Crippen molar-refractivity contribution in [3.63, 3.8) is 0 Å².